The summed E-state index contributed by atoms with van der Waals surface area (Å²) in [5.41, 5.74) is 0.985. The molecule has 2 rings (SSSR count). The van der Waals surface area contributed by atoms with Crippen molar-refractivity contribution in [3.8, 4) is 0 Å². The van der Waals surface area contributed by atoms with Crippen molar-refractivity contribution < 1.29 is 9.13 Å². The molecule has 2 nitrogen and oxygen atoms in total. The summed E-state index contributed by atoms with van der Waals surface area (Å²) in [6.45, 7) is 2.37. The van der Waals surface area contributed by atoms with Crippen LogP contribution in [0, 0.1) is 5.82 Å². The van der Waals surface area contributed by atoms with Gasteiger partial charge in [-0.3, -0.25) is 0 Å². The average molecular weight is 260 g/mol. The third-order valence-corrected chi connectivity index (χ3v) is 2.97. The van der Waals surface area contributed by atoms with Crippen LogP contribution in [0.25, 0.3) is 0 Å². The molecule has 0 aliphatic carbocycles. The molecule has 1 aliphatic rings. The van der Waals surface area contributed by atoms with Crippen molar-refractivity contribution in [1.29, 1.82) is 0 Å². The molecule has 0 unspecified atom stereocenters. The van der Waals surface area contributed by atoms with Crippen LogP contribution in [0.5, 0.6) is 0 Å². The van der Waals surface area contributed by atoms with Crippen molar-refractivity contribution in [2.24, 2.45) is 0 Å². The van der Waals surface area contributed by atoms with Crippen LogP contribution in [0.3, 0.4) is 0 Å². The standard InChI is InChI=1S/C10H11BrFNO/c11-10-3-8(12)2-1-7(10)6-14-9-4-13-5-9/h1-3,9,13H,4-6H2. The summed E-state index contributed by atoms with van der Waals surface area (Å²) < 4.78 is 19.1. The summed E-state index contributed by atoms with van der Waals surface area (Å²) in [6, 6.07) is 4.64. The second-order valence-electron chi connectivity index (χ2n) is 3.33. The van der Waals surface area contributed by atoms with Gasteiger partial charge in [0.2, 0.25) is 0 Å². The molecule has 1 saturated heterocycles. The highest BCUT2D eigenvalue weighted by atomic mass is 79.9. The molecule has 4 heteroatoms. The molecule has 0 amide bonds. The maximum absolute atomic E-state index is 12.7. The van der Waals surface area contributed by atoms with Gasteiger partial charge in [0.1, 0.15) is 5.82 Å². The van der Waals surface area contributed by atoms with Crippen LogP contribution < -0.4 is 5.32 Å². The average Bonchev–Trinajstić information content (AvgIpc) is 2.05. The maximum Gasteiger partial charge on any atom is 0.124 e. The van der Waals surface area contributed by atoms with E-state index in [-0.39, 0.29) is 5.82 Å². The quantitative estimate of drug-likeness (QED) is 0.898. The third-order valence-electron chi connectivity index (χ3n) is 2.23. The third kappa shape index (κ3) is 2.32. The SMILES string of the molecule is Fc1ccc(COC2CNC2)c(Br)c1. The van der Waals surface area contributed by atoms with E-state index in [2.05, 4.69) is 21.2 Å². The van der Waals surface area contributed by atoms with E-state index in [4.69, 9.17) is 4.74 Å². The summed E-state index contributed by atoms with van der Waals surface area (Å²) >= 11 is 3.30. The number of nitrogens with one attached hydrogen (secondary N) is 1. The lowest BCUT2D eigenvalue weighted by molar-refractivity contribution is 0.00731. The Balaban J connectivity index is 1.94. The van der Waals surface area contributed by atoms with Crippen molar-refractivity contribution in [2.75, 3.05) is 13.1 Å². The normalized spacial score (nSPS) is 16.7. The van der Waals surface area contributed by atoms with Crippen molar-refractivity contribution in [1.82, 2.24) is 5.32 Å². The summed E-state index contributed by atoms with van der Waals surface area (Å²) in [5, 5.41) is 3.12. The predicted molar refractivity (Wildman–Crippen MR) is 55.5 cm³/mol. The molecule has 0 radical (unpaired) electrons. The fraction of sp³-hybridized carbons (Fsp3) is 0.400. The van der Waals surface area contributed by atoms with Crippen LogP contribution in [0.2, 0.25) is 0 Å². The lowest BCUT2D eigenvalue weighted by atomic mass is 10.2. The van der Waals surface area contributed by atoms with Gasteiger partial charge in [0.05, 0.1) is 12.7 Å². The molecule has 0 aromatic heterocycles. The number of halogens is 2. The molecule has 0 bridgehead atoms. The molecule has 0 spiro atoms. The first-order valence-corrected chi connectivity index (χ1v) is 5.31. The Kier molecular flexibility index (Phi) is 3.15. The predicted octanol–water partition coefficient (Wildman–Crippen LogP) is 2.08. The van der Waals surface area contributed by atoms with Crippen molar-refractivity contribution in [3.05, 3.63) is 34.1 Å². The van der Waals surface area contributed by atoms with E-state index in [1.54, 1.807) is 6.07 Å². The second-order valence-corrected chi connectivity index (χ2v) is 4.18. The number of hydrogen-bond acceptors (Lipinski definition) is 2. The number of rotatable bonds is 3. The van der Waals surface area contributed by atoms with E-state index >= 15 is 0 Å². The van der Waals surface area contributed by atoms with E-state index in [0.29, 0.717) is 12.7 Å². The minimum absolute atomic E-state index is 0.231. The molecule has 1 aromatic carbocycles. The Labute approximate surface area is 90.6 Å². The summed E-state index contributed by atoms with van der Waals surface area (Å²) in [5.74, 6) is -0.231. The van der Waals surface area contributed by atoms with Crippen LogP contribution in [0.4, 0.5) is 4.39 Å². The van der Waals surface area contributed by atoms with Gasteiger partial charge in [0.15, 0.2) is 0 Å². The Morgan fingerprint density at radius 2 is 2.29 bits per heavy atom. The Morgan fingerprint density at radius 3 is 2.86 bits per heavy atom. The van der Waals surface area contributed by atoms with Gasteiger partial charge >= 0.3 is 0 Å². The van der Waals surface area contributed by atoms with E-state index < -0.39 is 0 Å². The van der Waals surface area contributed by atoms with Gasteiger partial charge in [-0.2, -0.15) is 0 Å². The van der Waals surface area contributed by atoms with Gasteiger partial charge in [-0.25, -0.2) is 4.39 Å². The van der Waals surface area contributed by atoms with Gasteiger partial charge in [-0.05, 0) is 17.7 Å². The number of ether oxygens (including phenoxy) is 1. The van der Waals surface area contributed by atoms with Crippen molar-refractivity contribution in [2.45, 2.75) is 12.7 Å². The minimum atomic E-state index is -0.231. The van der Waals surface area contributed by atoms with Gasteiger partial charge in [-0.1, -0.05) is 22.0 Å². The van der Waals surface area contributed by atoms with Crippen molar-refractivity contribution in [3.63, 3.8) is 0 Å². The topological polar surface area (TPSA) is 21.3 Å². The van der Waals surface area contributed by atoms with E-state index in [1.165, 1.54) is 12.1 Å². The summed E-state index contributed by atoms with van der Waals surface area (Å²) in [7, 11) is 0. The first-order chi connectivity index (χ1) is 6.75. The molecular formula is C10H11BrFNO. The Morgan fingerprint density at radius 1 is 1.50 bits per heavy atom. The van der Waals surface area contributed by atoms with Crippen LogP contribution in [0.1, 0.15) is 5.56 Å². The molecule has 0 saturated carbocycles. The molecule has 14 heavy (non-hydrogen) atoms. The van der Waals surface area contributed by atoms with E-state index in [1.807, 2.05) is 0 Å². The summed E-state index contributed by atoms with van der Waals surface area (Å²) in [4.78, 5) is 0. The molecule has 1 fully saturated rings. The van der Waals surface area contributed by atoms with Gasteiger partial charge in [0.25, 0.3) is 0 Å². The largest absolute Gasteiger partial charge is 0.371 e. The highest BCUT2D eigenvalue weighted by Gasteiger charge is 2.17. The lowest BCUT2D eigenvalue weighted by Crippen LogP contribution is -2.48. The molecular weight excluding hydrogens is 249 g/mol. The molecule has 0 atom stereocenters. The lowest BCUT2D eigenvalue weighted by Gasteiger charge is -2.27. The van der Waals surface area contributed by atoms with Crippen LogP contribution >= 0.6 is 15.9 Å². The number of hydrogen-bond donors (Lipinski definition) is 1. The fourth-order valence-corrected chi connectivity index (χ4v) is 1.69. The second kappa shape index (κ2) is 4.38. The minimum Gasteiger partial charge on any atom is -0.371 e. The zero-order chi connectivity index (χ0) is 9.97. The van der Waals surface area contributed by atoms with E-state index in [9.17, 15) is 4.39 Å². The molecule has 1 aromatic rings. The van der Waals surface area contributed by atoms with E-state index in [0.717, 1.165) is 23.1 Å². The molecule has 76 valence electrons. The zero-order valence-electron chi connectivity index (χ0n) is 7.59. The highest BCUT2D eigenvalue weighted by molar-refractivity contribution is 9.10. The van der Waals surface area contributed by atoms with Crippen molar-refractivity contribution >= 4 is 15.9 Å². The first kappa shape index (κ1) is 10.1. The Bertz CT molecular complexity index is 328. The van der Waals surface area contributed by atoms with Crippen LogP contribution in [-0.4, -0.2) is 19.2 Å². The van der Waals surface area contributed by atoms with Crippen LogP contribution in [-0.2, 0) is 11.3 Å². The zero-order valence-corrected chi connectivity index (χ0v) is 9.18. The van der Waals surface area contributed by atoms with Gasteiger partial charge in [0, 0.05) is 17.6 Å². The molecule has 1 heterocycles. The van der Waals surface area contributed by atoms with Gasteiger partial charge in [-0.15, -0.1) is 0 Å². The maximum atomic E-state index is 12.7. The summed E-state index contributed by atoms with van der Waals surface area (Å²) in [6.07, 6.45) is 0.312. The highest BCUT2D eigenvalue weighted by Crippen LogP contribution is 2.19. The monoisotopic (exact) mass is 259 g/mol. The molecule has 1 N–H and O–H groups in total. The Hall–Kier alpha value is -0.450. The van der Waals surface area contributed by atoms with Gasteiger partial charge < -0.3 is 10.1 Å². The first-order valence-electron chi connectivity index (χ1n) is 4.52. The van der Waals surface area contributed by atoms with Crippen LogP contribution in [0.15, 0.2) is 22.7 Å². The smallest absolute Gasteiger partial charge is 0.124 e. The molecule has 1 aliphatic heterocycles. The fourth-order valence-electron chi connectivity index (χ4n) is 1.23. The number of benzene rings is 1.